The molecule has 23 heavy (non-hydrogen) atoms. The van der Waals surface area contributed by atoms with Crippen LogP contribution in [-0.4, -0.2) is 27.0 Å². The summed E-state index contributed by atoms with van der Waals surface area (Å²) in [6, 6.07) is 7.56. The van der Waals surface area contributed by atoms with Crippen molar-refractivity contribution in [3.8, 4) is 0 Å². The molecular weight excluding hydrogens is 340 g/mol. The van der Waals surface area contributed by atoms with Crippen LogP contribution in [0, 0.1) is 0 Å². The number of sulfonamides is 1. The maximum atomic E-state index is 12.5. The lowest BCUT2D eigenvalue weighted by Gasteiger charge is -2.28. The second-order valence-electron chi connectivity index (χ2n) is 5.65. The molecule has 0 amide bonds. The van der Waals surface area contributed by atoms with Crippen LogP contribution >= 0.6 is 12.4 Å². The summed E-state index contributed by atoms with van der Waals surface area (Å²) in [5.41, 5.74) is -0.0770. The molecule has 2 unspecified atom stereocenters. The highest BCUT2D eigenvalue weighted by Crippen LogP contribution is 2.19. The van der Waals surface area contributed by atoms with Gasteiger partial charge < -0.3 is 9.73 Å². The van der Waals surface area contributed by atoms with Crippen LogP contribution < -0.4 is 15.7 Å². The van der Waals surface area contributed by atoms with Crippen LogP contribution in [0.4, 0.5) is 0 Å². The molecule has 2 aromatic rings. The van der Waals surface area contributed by atoms with E-state index in [1.165, 1.54) is 24.3 Å². The van der Waals surface area contributed by atoms with Crippen molar-refractivity contribution in [2.24, 2.45) is 0 Å². The molecule has 2 N–H and O–H groups in total. The highest BCUT2D eigenvalue weighted by Gasteiger charge is 2.24. The molecule has 1 aliphatic rings. The molecule has 8 heteroatoms. The summed E-state index contributed by atoms with van der Waals surface area (Å²) in [6.45, 7) is 2.84. The van der Waals surface area contributed by atoms with Crippen molar-refractivity contribution in [1.82, 2.24) is 10.0 Å². The van der Waals surface area contributed by atoms with Gasteiger partial charge in [0, 0.05) is 23.5 Å². The third-order valence-electron chi connectivity index (χ3n) is 3.85. The largest absolute Gasteiger partial charge is 0.423 e. The molecule has 2 heterocycles. The lowest BCUT2D eigenvalue weighted by Crippen LogP contribution is -2.46. The summed E-state index contributed by atoms with van der Waals surface area (Å²) in [5, 5.41) is 3.87. The molecule has 0 radical (unpaired) electrons. The van der Waals surface area contributed by atoms with Crippen LogP contribution in [0.1, 0.15) is 19.8 Å². The smallest absolute Gasteiger partial charge is 0.336 e. The van der Waals surface area contributed by atoms with Crippen molar-refractivity contribution in [2.75, 3.05) is 6.54 Å². The van der Waals surface area contributed by atoms with E-state index in [1.54, 1.807) is 6.07 Å². The third kappa shape index (κ3) is 4.11. The van der Waals surface area contributed by atoms with Crippen molar-refractivity contribution in [1.29, 1.82) is 0 Å². The van der Waals surface area contributed by atoms with Gasteiger partial charge in [0.1, 0.15) is 5.58 Å². The van der Waals surface area contributed by atoms with E-state index >= 15 is 0 Å². The van der Waals surface area contributed by atoms with Gasteiger partial charge in [0.2, 0.25) is 10.0 Å². The Morgan fingerprint density at radius 1 is 1.26 bits per heavy atom. The van der Waals surface area contributed by atoms with Gasteiger partial charge in [-0.05, 0) is 50.6 Å². The van der Waals surface area contributed by atoms with Crippen molar-refractivity contribution < 1.29 is 12.8 Å². The third-order valence-corrected chi connectivity index (χ3v) is 5.36. The number of hydrogen-bond acceptors (Lipinski definition) is 5. The molecule has 6 nitrogen and oxygen atoms in total. The standard InChI is InChI=1S/C15H18N2O4S.ClH/c1-10-8-12(6-7-16-10)17-22(19,20)13-3-4-14-11(9-13)2-5-15(18)21-14;/h2-5,9-10,12,16-17H,6-8H2,1H3;1H. The molecule has 1 aliphatic heterocycles. The average Bonchev–Trinajstić information content (AvgIpc) is 2.46. The maximum Gasteiger partial charge on any atom is 0.336 e. The Morgan fingerprint density at radius 2 is 2.04 bits per heavy atom. The topological polar surface area (TPSA) is 88.4 Å². The molecule has 1 fully saturated rings. The molecule has 0 bridgehead atoms. The first-order valence-electron chi connectivity index (χ1n) is 7.24. The fourth-order valence-electron chi connectivity index (χ4n) is 2.74. The highest BCUT2D eigenvalue weighted by molar-refractivity contribution is 7.89. The lowest BCUT2D eigenvalue weighted by molar-refractivity contribution is 0.361. The molecule has 1 aromatic carbocycles. The summed E-state index contributed by atoms with van der Waals surface area (Å²) >= 11 is 0. The van der Waals surface area contributed by atoms with E-state index in [0.717, 1.165) is 19.4 Å². The van der Waals surface area contributed by atoms with Gasteiger partial charge in [0.05, 0.1) is 4.90 Å². The van der Waals surface area contributed by atoms with Crippen molar-refractivity contribution >= 4 is 33.4 Å². The zero-order valence-electron chi connectivity index (χ0n) is 12.6. The molecule has 1 aromatic heterocycles. The Kier molecular flexibility index (Phi) is 5.46. The second kappa shape index (κ2) is 7.00. The number of rotatable bonds is 3. The number of benzene rings is 1. The molecule has 0 spiro atoms. The zero-order valence-corrected chi connectivity index (χ0v) is 14.2. The van der Waals surface area contributed by atoms with Crippen LogP contribution in [-0.2, 0) is 10.0 Å². The number of fused-ring (bicyclic) bond motifs is 1. The van der Waals surface area contributed by atoms with Gasteiger partial charge in [-0.1, -0.05) is 0 Å². The molecule has 0 saturated carbocycles. The van der Waals surface area contributed by atoms with Crippen molar-refractivity contribution in [3.63, 3.8) is 0 Å². The number of piperidine rings is 1. The number of hydrogen-bond donors (Lipinski definition) is 2. The fraction of sp³-hybridized carbons (Fsp3) is 0.400. The lowest BCUT2D eigenvalue weighted by atomic mass is 10.0. The Bertz CT molecular complexity index is 850. The molecule has 0 aliphatic carbocycles. The first kappa shape index (κ1) is 17.9. The van der Waals surface area contributed by atoms with E-state index in [9.17, 15) is 13.2 Å². The zero-order chi connectivity index (χ0) is 15.7. The van der Waals surface area contributed by atoms with E-state index in [0.29, 0.717) is 17.0 Å². The minimum Gasteiger partial charge on any atom is -0.423 e. The SMILES string of the molecule is CC1CC(NS(=O)(=O)c2ccc3oc(=O)ccc3c2)CCN1.Cl. The van der Waals surface area contributed by atoms with E-state index in [1.807, 2.05) is 6.92 Å². The van der Waals surface area contributed by atoms with Crippen LogP contribution in [0.15, 0.2) is 44.4 Å². The monoisotopic (exact) mass is 358 g/mol. The van der Waals surface area contributed by atoms with Crippen LogP contribution in [0.5, 0.6) is 0 Å². The highest BCUT2D eigenvalue weighted by atomic mass is 35.5. The van der Waals surface area contributed by atoms with Crippen LogP contribution in [0.25, 0.3) is 11.0 Å². The summed E-state index contributed by atoms with van der Waals surface area (Å²) in [7, 11) is -3.58. The Hall–Kier alpha value is -1.41. The quantitative estimate of drug-likeness (QED) is 0.814. The van der Waals surface area contributed by atoms with Gasteiger partial charge in [-0.15, -0.1) is 12.4 Å². The summed E-state index contributed by atoms with van der Waals surface area (Å²) in [5.74, 6) is 0. The Balaban J connectivity index is 0.00000192. The maximum absolute atomic E-state index is 12.5. The minimum atomic E-state index is -3.58. The van der Waals surface area contributed by atoms with Gasteiger partial charge >= 0.3 is 5.63 Å². The Morgan fingerprint density at radius 3 is 2.78 bits per heavy atom. The number of nitrogens with one attached hydrogen (secondary N) is 2. The normalized spacial score (nSPS) is 21.8. The van der Waals surface area contributed by atoms with Crippen LogP contribution in [0.2, 0.25) is 0 Å². The predicted octanol–water partition coefficient (Wildman–Crippen LogP) is 1.63. The van der Waals surface area contributed by atoms with E-state index < -0.39 is 15.6 Å². The first-order valence-corrected chi connectivity index (χ1v) is 8.72. The van der Waals surface area contributed by atoms with Gasteiger partial charge in [-0.2, -0.15) is 0 Å². The van der Waals surface area contributed by atoms with E-state index in [4.69, 9.17) is 4.42 Å². The van der Waals surface area contributed by atoms with E-state index in [2.05, 4.69) is 10.0 Å². The van der Waals surface area contributed by atoms with Gasteiger partial charge in [-0.25, -0.2) is 17.9 Å². The summed E-state index contributed by atoms with van der Waals surface area (Å²) in [6.07, 6.45) is 1.54. The minimum absolute atomic E-state index is 0. The molecule has 126 valence electrons. The van der Waals surface area contributed by atoms with Crippen LogP contribution in [0.3, 0.4) is 0 Å². The summed E-state index contributed by atoms with van der Waals surface area (Å²) < 4.78 is 32.8. The molecule has 1 saturated heterocycles. The number of halogens is 1. The van der Waals surface area contributed by atoms with Gasteiger partial charge in [-0.3, -0.25) is 0 Å². The average molecular weight is 359 g/mol. The van der Waals surface area contributed by atoms with Crippen molar-refractivity contribution in [2.45, 2.75) is 36.7 Å². The van der Waals surface area contributed by atoms with Crippen molar-refractivity contribution in [3.05, 3.63) is 40.8 Å². The first-order chi connectivity index (χ1) is 10.4. The molecule has 2 atom stereocenters. The molecular formula is C15H19ClN2O4S. The van der Waals surface area contributed by atoms with E-state index in [-0.39, 0.29) is 23.3 Å². The fourth-order valence-corrected chi connectivity index (χ4v) is 4.06. The second-order valence-corrected chi connectivity index (χ2v) is 7.37. The molecule has 3 rings (SSSR count). The van der Waals surface area contributed by atoms with Gasteiger partial charge in [0.15, 0.2) is 0 Å². The summed E-state index contributed by atoms with van der Waals surface area (Å²) in [4.78, 5) is 11.3. The predicted molar refractivity (Wildman–Crippen MR) is 90.5 cm³/mol. The van der Waals surface area contributed by atoms with Gasteiger partial charge in [0.25, 0.3) is 0 Å². The Labute approximate surface area is 140 Å².